The summed E-state index contributed by atoms with van der Waals surface area (Å²) in [5.41, 5.74) is 1.04. The summed E-state index contributed by atoms with van der Waals surface area (Å²) in [7, 11) is 3.46. The van der Waals surface area contributed by atoms with Gasteiger partial charge in [0.1, 0.15) is 5.75 Å². The highest BCUT2D eigenvalue weighted by Crippen LogP contribution is 2.14. The van der Waals surface area contributed by atoms with Crippen LogP contribution in [0.2, 0.25) is 0 Å². The van der Waals surface area contributed by atoms with Crippen molar-refractivity contribution in [1.29, 1.82) is 0 Å². The first-order valence-corrected chi connectivity index (χ1v) is 10.2. The fraction of sp³-hybridized carbons (Fsp3) is 0.619. The molecule has 1 aromatic rings. The van der Waals surface area contributed by atoms with Gasteiger partial charge in [0.2, 0.25) is 11.8 Å². The van der Waals surface area contributed by atoms with Gasteiger partial charge in [0.05, 0.1) is 33.4 Å². The van der Waals surface area contributed by atoms with Crippen molar-refractivity contribution in [2.75, 3.05) is 79.7 Å². The minimum absolute atomic E-state index is 0.0842. The van der Waals surface area contributed by atoms with Gasteiger partial charge < -0.3 is 19.3 Å². The zero-order valence-electron chi connectivity index (χ0n) is 17.5. The van der Waals surface area contributed by atoms with Crippen LogP contribution in [0, 0.1) is 0 Å². The molecule has 8 nitrogen and oxygen atoms in total. The van der Waals surface area contributed by atoms with E-state index in [1.165, 1.54) is 0 Å². The monoisotopic (exact) mass is 404 g/mol. The maximum absolute atomic E-state index is 12.6. The summed E-state index contributed by atoms with van der Waals surface area (Å²) in [4.78, 5) is 33.0. The fourth-order valence-electron chi connectivity index (χ4n) is 3.65. The van der Waals surface area contributed by atoms with Crippen LogP contribution in [-0.4, -0.2) is 111 Å². The molecule has 3 rings (SSSR count). The molecule has 0 bridgehead atoms. The van der Waals surface area contributed by atoms with Crippen molar-refractivity contribution in [2.45, 2.75) is 6.54 Å². The molecule has 0 radical (unpaired) electrons. The number of nitrogens with zero attached hydrogens (tertiary/aromatic N) is 4. The Morgan fingerprint density at radius 2 is 1.72 bits per heavy atom. The van der Waals surface area contributed by atoms with Gasteiger partial charge >= 0.3 is 0 Å². The van der Waals surface area contributed by atoms with E-state index >= 15 is 0 Å². The van der Waals surface area contributed by atoms with E-state index in [-0.39, 0.29) is 11.8 Å². The predicted octanol–water partition coefficient (Wildman–Crippen LogP) is 0.130. The standard InChI is InChI=1S/C21H32N4O4/c1-22(15-18-4-3-5-19(14-18)28-2)20(26)16-23-6-8-25(9-7-23)21(27)17-24-10-12-29-13-11-24/h3-5,14H,6-13,15-17H2,1-2H3. The second kappa shape index (κ2) is 10.6. The average molecular weight is 405 g/mol. The Balaban J connectivity index is 1.40. The summed E-state index contributed by atoms with van der Waals surface area (Å²) in [5, 5.41) is 0. The second-order valence-electron chi connectivity index (χ2n) is 7.65. The number of amides is 2. The minimum Gasteiger partial charge on any atom is -0.497 e. The van der Waals surface area contributed by atoms with Gasteiger partial charge in [-0.05, 0) is 17.7 Å². The lowest BCUT2D eigenvalue weighted by atomic mass is 10.2. The van der Waals surface area contributed by atoms with Gasteiger partial charge in [-0.15, -0.1) is 0 Å². The molecule has 2 amide bonds. The molecule has 2 aliphatic rings. The number of carbonyl (C=O) groups excluding carboxylic acids is 2. The molecule has 0 atom stereocenters. The molecule has 2 saturated heterocycles. The Morgan fingerprint density at radius 3 is 2.41 bits per heavy atom. The molecule has 0 saturated carbocycles. The third-order valence-corrected chi connectivity index (χ3v) is 5.53. The van der Waals surface area contributed by atoms with Crippen LogP contribution in [0.3, 0.4) is 0 Å². The van der Waals surface area contributed by atoms with Gasteiger partial charge in [-0.2, -0.15) is 0 Å². The van der Waals surface area contributed by atoms with E-state index in [4.69, 9.17) is 9.47 Å². The number of ether oxygens (including phenoxy) is 2. The summed E-state index contributed by atoms with van der Waals surface area (Å²) >= 11 is 0. The molecule has 2 fully saturated rings. The number of hydrogen-bond acceptors (Lipinski definition) is 6. The van der Waals surface area contributed by atoms with Gasteiger partial charge in [0, 0.05) is 52.9 Å². The summed E-state index contributed by atoms with van der Waals surface area (Å²) in [5.74, 6) is 1.05. The molecular weight excluding hydrogens is 372 g/mol. The molecule has 0 N–H and O–H groups in total. The molecule has 2 aliphatic heterocycles. The van der Waals surface area contributed by atoms with Crippen LogP contribution in [-0.2, 0) is 20.9 Å². The van der Waals surface area contributed by atoms with Crippen LogP contribution < -0.4 is 4.74 Å². The zero-order valence-corrected chi connectivity index (χ0v) is 17.5. The van der Waals surface area contributed by atoms with Crippen LogP contribution in [0.4, 0.5) is 0 Å². The molecule has 1 aromatic carbocycles. The lowest BCUT2D eigenvalue weighted by Gasteiger charge is -2.36. The second-order valence-corrected chi connectivity index (χ2v) is 7.65. The van der Waals surface area contributed by atoms with Crippen molar-refractivity contribution >= 4 is 11.8 Å². The number of likely N-dealkylation sites (N-methyl/N-ethyl adjacent to an activating group) is 1. The van der Waals surface area contributed by atoms with E-state index in [1.807, 2.05) is 36.2 Å². The predicted molar refractivity (Wildman–Crippen MR) is 110 cm³/mol. The van der Waals surface area contributed by atoms with E-state index in [2.05, 4.69) is 9.80 Å². The van der Waals surface area contributed by atoms with Crippen molar-refractivity contribution in [3.63, 3.8) is 0 Å². The smallest absolute Gasteiger partial charge is 0.236 e. The largest absolute Gasteiger partial charge is 0.497 e. The molecule has 0 aromatic heterocycles. The van der Waals surface area contributed by atoms with Crippen LogP contribution in [0.1, 0.15) is 5.56 Å². The molecule has 29 heavy (non-hydrogen) atoms. The van der Waals surface area contributed by atoms with E-state index in [0.717, 1.165) is 37.5 Å². The number of piperazine rings is 1. The first-order chi connectivity index (χ1) is 14.0. The molecule has 8 heteroatoms. The molecule has 160 valence electrons. The average Bonchev–Trinajstić information content (AvgIpc) is 2.75. The number of rotatable bonds is 7. The Kier molecular flexibility index (Phi) is 7.85. The van der Waals surface area contributed by atoms with E-state index in [9.17, 15) is 9.59 Å². The Hall–Kier alpha value is -2.16. The van der Waals surface area contributed by atoms with Crippen LogP contribution in [0.25, 0.3) is 0 Å². The highest BCUT2D eigenvalue weighted by atomic mass is 16.5. The molecular formula is C21H32N4O4. The Labute approximate surface area is 172 Å². The quantitative estimate of drug-likeness (QED) is 0.644. The minimum atomic E-state index is 0.0842. The fourth-order valence-corrected chi connectivity index (χ4v) is 3.65. The normalized spacial score (nSPS) is 18.5. The molecule has 0 spiro atoms. The van der Waals surface area contributed by atoms with Gasteiger partial charge in [-0.25, -0.2) is 0 Å². The SMILES string of the molecule is COc1cccc(CN(C)C(=O)CN2CCN(C(=O)CN3CCOCC3)CC2)c1. The third kappa shape index (κ3) is 6.42. The first kappa shape index (κ1) is 21.5. The Morgan fingerprint density at radius 1 is 1.03 bits per heavy atom. The number of hydrogen-bond donors (Lipinski definition) is 0. The molecule has 0 unspecified atom stereocenters. The van der Waals surface area contributed by atoms with E-state index in [0.29, 0.717) is 45.9 Å². The van der Waals surface area contributed by atoms with E-state index in [1.54, 1.807) is 12.0 Å². The van der Waals surface area contributed by atoms with Crippen molar-refractivity contribution in [3.05, 3.63) is 29.8 Å². The van der Waals surface area contributed by atoms with Gasteiger partial charge in [0.25, 0.3) is 0 Å². The lowest BCUT2D eigenvalue weighted by Crippen LogP contribution is -2.53. The van der Waals surface area contributed by atoms with Crippen LogP contribution in [0.5, 0.6) is 5.75 Å². The van der Waals surface area contributed by atoms with Gasteiger partial charge in [-0.3, -0.25) is 19.4 Å². The number of carbonyl (C=O) groups is 2. The Bertz CT molecular complexity index is 685. The maximum Gasteiger partial charge on any atom is 0.236 e. The zero-order chi connectivity index (χ0) is 20.6. The lowest BCUT2D eigenvalue weighted by molar-refractivity contribution is -0.136. The molecule has 2 heterocycles. The van der Waals surface area contributed by atoms with Crippen LogP contribution >= 0.6 is 0 Å². The topological polar surface area (TPSA) is 65.6 Å². The molecule has 0 aliphatic carbocycles. The highest BCUT2D eigenvalue weighted by Gasteiger charge is 2.25. The number of methoxy groups -OCH3 is 1. The van der Waals surface area contributed by atoms with Crippen molar-refractivity contribution < 1.29 is 19.1 Å². The van der Waals surface area contributed by atoms with Crippen LogP contribution in [0.15, 0.2) is 24.3 Å². The third-order valence-electron chi connectivity index (χ3n) is 5.53. The summed E-state index contributed by atoms with van der Waals surface area (Å²) in [6, 6.07) is 7.76. The van der Waals surface area contributed by atoms with Crippen molar-refractivity contribution in [1.82, 2.24) is 19.6 Å². The summed E-state index contributed by atoms with van der Waals surface area (Å²) < 4.78 is 10.6. The highest BCUT2D eigenvalue weighted by molar-refractivity contribution is 5.79. The first-order valence-electron chi connectivity index (χ1n) is 10.2. The van der Waals surface area contributed by atoms with Gasteiger partial charge in [0.15, 0.2) is 0 Å². The summed E-state index contributed by atoms with van der Waals surface area (Å²) in [6.45, 7) is 7.25. The number of benzene rings is 1. The van der Waals surface area contributed by atoms with E-state index < -0.39 is 0 Å². The van der Waals surface area contributed by atoms with Crippen molar-refractivity contribution in [3.8, 4) is 5.75 Å². The summed E-state index contributed by atoms with van der Waals surface area (Å²) in [6.07, 6.45) is 0. The van der Waals surface area contributed by atoms with Crippen molar-refractivity contribution in [2.24, 2.45) is 0 Å². The maximum atomic E-state index is 12.6. The van der Waals surface area contributed by atoms with Gasteiger partial charge in [-0.1, -0.05) is 12.1 Å². The number of morpholine rings is 1.